The van der Waals surface area contributed by atoms with E-state index in [1.165, 1.54) is 0 Å². The van der Waals surface area contributed by atoms with Crippen molar-refractivity contribution in [2.75, 3.05) is 51.8 Å². The van der Waals surface area contributed by atoms with Crippen LogP contribution in [0.1, 0.15) is 15.9 Å². The second-order valence-electron chi connectivity index (χ2n) is 6.03. The molecule has 1 aliphatic heterocycles. The maximum absolute atomic E-state index is 12.2. The van der Waals surface area contributed by atoms with E-state index < -0.39 is 0 Å². The molecular formula is C17H28IN5OS. The highest BCUT2D eigenvalue weighted by Gasteiger charge is 2.12. The second kappa shape index (κ2) is 11.6. The molecular weight excluding hydrogens is 449 g/mol. The van der Waals surface area contributed by atoms with E-state index in [0.717, 1.165) is 36.7 Å². The van der Waals surface area contributed by atoms with Crippen molar-refractivity contribution in [1.29, 1.82) is 0 Å². The van der Waals surface area contributed by atoms with E-state index in [2.05, 4.69) is 15.2 Å². The predicted molar refractivity (Wildman–Crippen MR) is 117 cm³/mol. The standard InChI is InChI=1S/C17H27N5OS.HI/c1-21(2)7-6-19-16(23)15-5-3-4-14(12-15)13-20-17(18)22-8-10-24-11-9-22;/h3-5,12H,6-11,13H2,1-2H3,(H2,18,20)(H,19,23);1H. The first kappa shape index (κ1) is 22.0. The maximum atomic E-state index is 12.2. The second-order valence-corrected chi connectivity index (χ2v) is 7.26. The van der Waals surface area contributed by atoms with Crippen molar-refractivity contribution in [1.82, 2.24) is 15.1 Å². The van der Waals surface area contributed by atoms with E-state index in [1.54, 1.807) is 0 Å². The van der Waals surface area contributed by atoms with E-state index in [1.807, 2.05) is 55.0 Å². The molecule has 0 spiro atoms. The number of aliphatic imine (C=N–C) groups is 1. The Morgan fingerprint density at radius 2 is 2.08 bits per heavy atom. The van der Waals surface area contributed by atoms with Gasteiger partial charge >= 0.3 is 0 Å². The summed E-state index contributed by atoms with van der Waals surface area (Å²) >= 11 is 1.94. The summed E-state index contributed by atoms with van der Waals surface area (Å²) in [7, 11) is 3.96. The maximum Gasteiger partial charge on any atom is 0.251 e. The number of nitrogens with one attached hydrogen (secondary N) is 1. The smallest absolute Gasteiger partial charge is 0.251 e. The highest BCUT2D eigenvalue weighted by atomic mass is 127. The summed E-state index contributed by atoms with van der Waals surface area (Å²) < 4.78 is 0. The van der Waals surface area contributed by atoms with Crippen LogP contribution in [0, 0.1) is 0 Å². The van der Waals surface area contributed by atoms with Gasteiger partial charge in [0, 0.05) is 43.2 Å². The van der Waals surface area contributed by atoms with Crippen LogP contribution in [0.15, 0.2) is 29.3 Å². The van der Waals surface area contributed by atoms with Crippen molar-refractivity contribution in [3.05, 3.63) is 35.4 Å². The summed E-state index contributed by atoms with van der Waals surface area (Å²) in [4.78, 5) is 20.8. The molecule has 1 fully saturated rings. The average molecular weight is 477 g/mol. The van der Waals surface area contributed by atoms with E-state index >= 15 is 0 Å². The molecule has 1 aromatic rings. The summed E-state index contributed by atoms with van der Waals surface area (Å²) in [5.74, 6) is 2.73. The van der Waals surface area contributed by atoms with Crippen molar-refractivity contribution >= 4 is 47.6 Å². The molecule has 1 aliphatic rings. The Morgan fingerprint density at radius 3 is 2.76 bits per heavy atom. The third-order valence-corrected chi connectivity index (χ3v) is 4.73. The number of hydrogen-bond donors (Lipinski definition) is 2. The Bertz CT molecular complexity index is 576. The lowest BCUT2D eigenvalue weighted by atomic mass is 10.1. The third-order valence-electron chi connectivity index (χ3n) is 3.79. The van der Waals surface area contributed by atoms with Gasteiger partial charge in [-0.25, -0.2) is 4.99 Å². The van der Waals surface area contributed by atoms with Crippen LogP contribution in [-0.2, 0) is 6.54 Å². The fraction of sp³-hybridized carbons (Fsp3) is 0.529. The lowest BCUT2D eigenvalue weighted by molar-refractivity contribution is 0.0951. The SMILES string of the molecule is CN(C)CCNC(=O)c1cccc(CN=C(N)N2CCSCC2)c1.I. The summed E-state index contributed by atoms with van der Waals surface area (Å²) in [6, 6.07) is 7.57. The molecule has 2 rings (SSSR count). The molecule has 25 heavy (non-hydrogen) atoms. The molecule has 3 N–H and O–H groups in total. The molecule has 0 aliphatic carbocycles. The van der Waals surface area contributed by atoms with E-state index in [0.29, 0.717) is 24.6 Å². The molecule has 0 atom stereocenters. The highest BCUT2D eigenvalue weighted by molar-refractivity contribution is 14.0. The minimum absolute atomic E-state index is 0. The Labute approximate surface area is 171 Å². The molecule has 0 bridgehead atoms. The van der Waals surface area contributed by atoms with Crippen LogP contribution in [0.3, 0.4) is 0 Å². The zero-order valence-electron chi connectivity index (χ0n) is 14.9. The van der Waals surface area contributed by atoms with Crippen LogP contribution >= 0.6 is 35.7 Å². The van der Waals surface area contributed by atoms with Crippen LogP contribution in [0.4, 0.5) is 0 Å². The van der Waals surface area contributed by atoms with Crippen LogP contribution in [0.25, 0.3) is 0 Å². The fourth-order valence-corrected chi connectivity index (χ4v) is 3.27. The third kappa shape index (κ3) is 7.83. The van der Waals surface area contributed by atoms with Crippen molar-refractivity contribution in [3.8, 4) is 0 Å². The molecule has 0 saturated carbocycles. The van der Waals surface area contributed by atoms with Gasteiger partial charge < -0.3 is 20.9 Å². The largest absolute Gasteiger partial charge is 0.370 e. The van der Waals surface area contributed by atoms with Gasteiger partial charge in [0.05, 0.1) is 6.54 Å². The van der Waals surface area contributed by atoms with Gasteiger partial charge in [-0.2, -0.15) is 11.8 Å². The quantitative estimate of drug-likeness (QED) is 0.369. The predicted octanol–water partition coefficient (Wildman–Crippen LogP) is 1.46. The topological polar surface area (TPSA) is 74.0 Å². The van der Waals surface area contributed by atoms with Gasteiger partial charge in [0.1, 0.15) is 0 Å². The summed E-state index contributed by atoms with van der Waals surface area (Å²) in [6.07, 6.45) is 0. The number of carbonyl (C=O) groups is 1. The molecule has 1 heterocycles. The normalized spacial score (nSPS) is 15.0. The van der Waals surface area contributed by atoms with Crippen LogP contribution in [0.2, 0.25) is 0 Å². The van der Waals surface area contributed by atoms with E-state index in [4.69, 9.17) is 5.73 Å². The van der Waals surface area contributed by atoms with Gasteiger partial charge in [-0.05, 0) is 31.8 Å². The Morgan fingerprint density at radius 1 is 1.36 bits per heavy atom. The van der Waals surface area contributed by atoms with E-state index in [9.17, 15) is 4.79 Å². The summed E-state index contributed by atoms with van der Waals surface area (Å²) in [6.45, 7) is 3.85. The number of halogens is 1. The number of thioether (sulfide) groups is 1. The van der Waals surface area contributed by atoms with Crippen molar-refractivity contribution in [2.45, 2.75) is 6.54 Å². The summed E-state index contributed by atoms with van der Waals surface area (Å²) in [5.41, 5.74) is 7.72. The minimum Gasteiger partial charge on any atom is -0.370 e. The molecule has 1 aromatic carbocycles. The van der Waals surface area contributed by atoms with Gasteiger partial charge in [0.25, 0.3) is 5.91 Å². The van der Waals surface area contributed by atoms with Crippen LogP contribution in [-0.4, -0.2) is 73.4 Å². The van der Waals surface area contributed by atoms with Gasteiger partial charge in [0.15, 0.2) is 5.96 Å². The first-order valence-corrected chi connectivity index (χ1v) is 9.36. The zero-order chi connectivity index (χ0) is 17.4. The number of carbonyl (C=O) groups excluding carboxylic acids is 1. The van der Waals surface area contributed by atoms with Crippen molar-refractivity contribution in [3.63, 3.8) is 0 Å². The number of nitrogens with zero attached hydrogens (tertiary/aromatic N) is 3. The molecule has 140 valence electrons. The Kier molecular flexibility index (Phi) is 10.2. The van der Waals surface area contributed by atoms with Gasteiger partial charge in [-0.3, -0.25) is 4.79 Å². The zero-order valence-corrected chi connectivity index (χ0v) is 18.0. The lowest BCUT2D eigenvalue weighted by Gasteiger charge is -2.27. The average Bonchev–Trinajstić information content (AvgIpc) is 2.60. The van der Waals surface area contributed by atoms with Crippen molar-refractivity contribution < 1.29 is 4.79 Å². The highest BCUT2D eigenvalue weighted by Crippen LogP contribution is 2.10. The van der Waals surface area contributed by atoms with Crippen molar-refractivity contribution in [2.24, 2.45) is 10.7 Å². The van der Waals surface area contributed by atoms with Gasteiger partial charge in [-0.1, -0.05) is 12.1 Å². The monoisotopic (exact) mass is 477 g/mol. The fourth-order valence-electron chi connectivity index (χ4n) is 2.37. The van der Waals surface area contributed by atoms with Gasteiger partial charge in [0.2, 0.25) is 0 Å². The number of nitrogens with two attached hydrogens (primary N) is 1. The van der Waals surface area contributed by atoms with Crippen LogP contribution in [0.5, 0.6) is 0 Å². The molecule has 0 unspecified atom stereocenters. The first-order valence-electron chi connectivity index (χ1n) is 8.21. The first-order chi connectivity index (χ1) is 11.6. The molecule has 0 radical (unpaired) electrons. The molecule has 0 aromatic heterocycles. The Hall–Kier alpha value is -1.00. The molecule has 6 nitrogen and oxygen atoms in total. The number of hydrogen-bond acceptors (Lipinski definition) is 4. The number of benzene rings is 1. The molecule has 1 amide bonds. The molecule has 8 heteroatoms. The number of guanidine groups is 1. The van der Waals surface area contributed by atoms with Gasteiger partial charge in [-0.15, -0.1) is 24.0 Å². The van der Waals surface area contributed by atoms with Crippen LogP contribution < -0.4 is 11.1 Å². The molecule has 1 saturated heterocycles. The number of likely N-dealkylation sites (N-methyl/N-ethyl adjacent to an activating group) is 1. The summed E-state index contributed by atoms with van der Waals surface area (Å²) in [5, 5.41) is 2.92. The number of rotatable bonds is 6. The lowest BCUT2D eigenvalue weighted by Crippen LogP contribution is -2.42. The Balaban J connectivity index is 0.00000312. The minimum atomic E-state index is -0.0521. The number of amides is 1. The van der Waals surface area contributed by atoms with E-state index in [-0.39, 0.29) is 29.9 Å².